The zero-order valence-corrected chi connectivity index (χ0v) is 7.48. The zero-order valence-electron chi connectivity index (χ0n) is 7.48. The van der Waals surface area contributed by atoms with Gasteiger partial charge in [-0.05, 0) is 12.1 Å². The van der Waals surface area contributed by atoms with Crippen LogP contribution in [0.15, 0.2) is 30.3 Å². The Kier molecular flexibility index (Phi) is 4.29. The highest BCUT2D eigenvalue weighted by Crippen LogP contribution is 2.11. The van der Waals surface area contributed by atoms with Crippen LogP contribution in [0.2, 0.25) is 0 Å². The molecule has 1 unspecified atom stereocenters. The minimum Gasteiger partial charge on any atom is -0.489 e. The van der Waals surface area contributed by atoms with Gasteiger partial charge in [0, 0.05) is 13.0 Å². The van der Waals surface area contributed by atoms with E-state index >= 15 is 0 Å². The average Bonchev–Trinajstić information content (AvgIpc) is 2.19. The number of hydrogen-bond donors (Lipinski definition) is 1. The Labute approximate surface area is 78.1 Å². The number of hydrogen-bond acceptors (Lipinski definition) is 2. The fraction of sp³-hybridized carbons (Fsp3) is 0.400. The number of ether oxygens (including phenoxy) is 1. The van der Waals surface area contributed by atoms with Gasteiger partial charge in [-0.1, -0.05) is 18.2 Å². The Morgan fingerprint density at radius 2 is 2.00 bits per heavy atom. The number of nitrogens with two attached hydrogens (primary N) is 1. The molecule has 0 aromatic heterocycles. The normalized spacial score (nSPS) is 12.5. The third kappa shape index (κ3) is 3.44. The van der Waals surface area contributed by atoms with E-state index in [9.17, 15) is 5.11 Å². The second kappa shape index (κ2) is 5.56. The van der Waals surface area contributed by atoms with Crippen molar-refractivity contribution in [3.63, 3.8) is 0 Å². The maximum atomic E-state index is 10.4. The Morgan fingerprint density at radius 3 is 2.54 bits per heavy atom. The molecular weight excluding hydrogens is 166 g/mol. The monoisotopic (exact) mass is 180 g/mol. The van der Waals surface area contributed by atoms with Crippen LogP contribution in [0.25, 0.3) is 0 Å². The van der Waals surface area contributed by atoms with Crippen LogP contribution < -0.4 is 10.5 Å². The number of para-hydroxylation sites is 1. The molecule has 0 aliphatic rings. The van der Waals surface area contributed by atoms with Crippen molar-refractivity contribution in [1.82, 2.24) is 0 Å². The molecule has 1 rings (SSSR count). The van der Waals surface area contributed by atoms with Crippen molar-refractivity contribution >= 4 is 0 Å². The van der Waals surface area contributed by atoms with Gasteiger partial charge in [-0.2, -0.15) is 0 Å². The molecule has 0 heterocycles. The van der Waals surface area contributed by atoms with Crippen molar-refractivity contribution in [3.05, 3.63) is 30.3 Å². The van der Waals surface area contributed by atoms with E-state index < -0.39 is 0 Å². The molecule has 3 nitrogen and oxygen atoms in total. The standard InChI is InChI=1S/C10H14NO2/c11-8-10(6-7-12)13-9-4-2-1-3-5-9/h1-5,10H,6-8,11H2. The van der Waals surface area contributed by atoms with Crippen LogP contribution in [-0.4, -0.2) is 19.3 Å². The summed E-state index contributed by atoms with van der Waals surface area (Å²) in [5.41, 5.74) is 5.44. The van der Waals surface area contributed by atoms with Crippen LogP contribution >= 0.6 is 0 Å². The lowest BCUT2D eigenvalue weighted by atomic mass is 10.2. The van der Waals surface area contributed by atoms with Crippen LogP contribution in [0.3, 0.4) is 0 Å². The van der Waals surface area contributed by atoms with Crippen LogP contribution in [0.1, 0.15) is 6.42 Å². The lowest BCUT2D eigenvalue weighted by molar-refractivity contribution is 0.123. The highest BCUT2D eigenvalue weighted by atomic mass is 16.5. The summed E-state index contributed by atoms with van der Waals surface area (Å²) < 4.78 is 5.48. The van der Waals surface area contributed by atoms with Gasteiger partial charge in [-0.3, -0.25) is 0 Å². The first-order valence-electron chi connectivity index (χ1n) is 4.36. The predicted octanol–water partition coefficient (Wildman–Crippen LogP) is 1.21. The molecule has 2 N–H and O–H groups in total. The van der Waals surface area contributed by atoms with Gasteiger partial charge in [0.15, 0.2) is 0 Å². The number of rotatable bonds is 5. The fourth-order valence-corrected chi connectivity index (χ4v) is 1.05. The first kappa shape index (κ1) is 10.0. The summed E-state index contributed by atoms with van der Waals surface area (Å²) in [6.45, 7) is 0.242. The molecule has 71 valence electrons. The lowest BCUT2D eigenvalue weighted by Gasteiger charge is -2.15. The minimum absolute atomic E-state index is 0.144. The van der Waals surface area contributed by atoms with Gasteiger partial charge in [-0.25, -0.2) is 5.11 Å². The molecule has 1 radical (unpaired) electrons. The molecule has 0 saturated carbocycles. The molecule has 0 fully saturated rings. The van der Waals surface area contributed by atoms with Crippen molar-refractivity contribution in [1.29, 1.82) is 0 Å². The summed E-state index contributed by atoms with van der Waals surface area (Å²) in [5, 5.41) is 10.4. The van der Waals surface area contributed by atoms with Crippen molar-refractivity contribution in [2.75, 3.05) is 13.2 Å². The molecular formula is C10H14NO2. The molecule has 0 bridgehead atoms. The first-order valence-corrected chi connectivity index (χ1v) is 4.36. The second-order valence-corrected chi connectivity index (χ2v) is 2.78. The smallest absolute Gasteiger partial charge is 0.119 e. The Balaban J connectivity index is 2.46. The quantitative estimate of drug-likeness (QED) is 0.740. The summed E-state index contributed by atoms with van der Waals surface area (Å²) in [4.78, 5) is 0. The van der Waals surface area contributed by atoms with Crippen LogP contribution in [0, 0.1) is 0 Å². The van der Waals surface area contributed by atoms with Crippen molar-refractivity contribution in [2.45, 2.75) is 12.5 Å². The maximum absolute atomic E-state index is 10.4. The molecule has 13 heavy (non-hydrogen) atoms. The number of benzene rings is 1. The van der Waals surface area contributed by atoms with Crippen molar-refractivity contribution < 1.29 is 9.84 Å². The topological polar surface area (TPSA) is 55.2 Å². The SMILES string of the molecule is NCC(CC[O])Oc1ccccc1. The summed E-state index contributed by atoms with van der Waals surface area (Å²) in [6.07, 6.45) is 0.311. The summed E-state index contributed by atoms with van der Waals surface area (Å²) in [5.74, 6) is 0.770. The van der Waals surface area contributed by atoms with Gasteiger partial charge in [0.2, 0.25) is 0 Å². The van der Waals surface area contributed by atoms with Crippen molar-refractivity contribution in [3.8, 4) is 5.75 Å². The Hall–Kier alpha value is -1.06. The van der Waals surface area contributed by atoms with E-state index in [1.54, 1.807) is 0 Å². The molecule has 1 atom stereocenters. The minimum atomic E-state index is -0.153. The second-order valence-electron chi connectivity index (χ2n) is 2.78. The van der Waals surface area contributed by atoms with Gasteiger partial charge >= 0.3 is 0 Å². The molecule has 0 aliphatic heterocycles. The maximum Gasteiger partial charge on any atom is 0.119 e. The van der Waals surface area contributed by atoms with E-state index in [1.165, 1.54) is 0 Å². The third-order valence-corrected chi connectivity index (χ3v) is 1.75. The van der Waals surface area contributed by atoms with Gasteiger partial charge < -0.3 is 10.5 Å². The predicted molar refractivity (Wildman–Crippen MR) is 50.1 cm³/mol. The highest BCUT2D eigenvalue weighted by molar-refractivity contribution is 5.21. The molecule has 0 aliphatic carbocycles. The van der Waals surface area contributed by atoms with E-state index in [4.69, 9.17) is 10.5 Å². The lowest BCUT2D eigenvalue weighted by Crippen LogP contribution is -2.27. The van der Waals surface area contributed by atoms with Crippen LogP contribution in [-0.2, 0) is 5.11 Å². The van der Waals surface area contributed by atoms with E-state index in [0.29, 0.717) is 13.0 Å². The van der Waals surface area contributed by atoms with E-state index in [1.807, 2.05) is 30.3 Å². The Morgan fingerprint density at radius 1 is 1.31 bits per heavy atom. The van der Waals surface area contributed by atoms with E-state index in [-0.39, 0.29) is 12.7 Å². The zero-order chi connectivity index (χ0) is 9.52. The summed E-state index contributed by atoms with van der Waals surface area (Å²) in [6, 6.07) is 9.40. The molecule has 0 spiro atoms. The highest BCUT2D eigenvalue weighted by Gasteiger charge is 2.06. The Bertz CT molecular complexity index is 226. The van der Waals surface area contributed by atoms with Gasteiger partial charge in [-0.15, -0.1) is 0 Å². The van der Waals surface area contributed by atoms with Crippen molar-refractivity contribution in [2.24, 2.45) is 5.73 Å². The van der Waals surface area contributed by atoms with E-state index in [2.05, 4.69) is 0 Å². The molecule has 0 saturated heterocycles. The van der Waals surface area contributed by atoms with Gasteiger partial charge in [0.25, 0.3) is 0 Å². The largest absolute Gasteiger partial charge is 0.489 e. The van der Waals surface area contributed by atoms with Gasteiger partial charge in [0.05, 0.1) is 6.61 Å². The van der Waals surface area contributed by atoms with E-state index in [0.717, 1.165) is 5.75 Å². The summed E-state index contributed by atoms with van der Waals surface area (Å²) in [7, 11) is 0. The van der Waals surface area contributed by atoms with Crippen LogP contribution in [0.4, 0.5) is 0 Å². The molecule has 0 amide bonds. The third-order valence-electron chi connectivity index (χ3n) is 1.75. The first-order chi connectivity index (χ1) is 6.36. The van der Waals surface area contributed by atoms with Crippen LogP contribution in [0.5, 0.6) is 5.75 Å². The molecule has 3 heteroatoms. The van der Waals surface area contributed by atoms with Gasteiger partial charge in [0.1, 0.15) is 11.9 Å². The fourth-order valence-electron chi connectivity index (χ4n) is 1.05. The average molecular weight is 180 g/mol. The summed E-state index contributed by atoms with van der Waals surface area (Å²) >= 11 is 0. The molecule has 1 aromatic carbocycles. The molecule has 1 aromatic rings.